The van der Waals surface area contributed by atoms with Crippen molar-refractivity contribution in [1.82, 2.24) is 10.2 Å². The van der Waals surface area contributed by atoms with Gasteiger partial charge in [0.05, 0.1) is 0 Å². The lowest BCUT2D eigenvalue weighted by molar-refractivity contribution is 0.296. The molecule has 0 spiro atoms. The van der Waals surface area contributed by atoms with Gasteiger partial charge in [-0.05, 0) is 33.2 Å². The van der Waals surface area contributed by atoms with Gasteiger partial charge in [0.1, 0.15) is 0 Å². The number of nitrogens with one attached hydrogen (secondary N) is 1. The second-order valence-electron chi connectivity index (χ2n) is 3.78. The zero-order chi connectivity index (χ0) is 8.97. The lowest BCUT2D eigenvalue weighted by Gasteiger charge is -2.22. The summed E-state index contributed by atoms with van der Waals surface area (Å²) >= 11 is 2.07. The minimum absolute atomic E-state index is 0.649. The normalized spacial score (nSPS) is 26.5. The zero-order valence-corrected chi connectivity index (χ0v) is 9.16. The van der Waals surface area contributed by atoms with Crippen LogP contribution in [0.25, 0.3) is 0 Å². The molecule has 1 heterocycles. The molecule has 0 amide bonds. The molecule has 0 aromatic heterocycles. The van der Waals surface area contributed by atoms with Gasteiger partial charge in [-0.2, -0.15) is 11.8 Å². The van der Waals surface area contributed by atoms with Crippen LogP contribution in [0.2, 0.25) is 0 Å². The van der Waals surface area contributed by atoms with Crippen molar-refractivity contribution >= 4 is 11.8 Å². The van der Waals surface area contributed by atoms with Crippen molar-refractivity contribution in [3.8, 4) is 0 Å². The van der Waals surface area contributed by atoms with Crippen LogP contribution in [0.5, 0.6) is 0 Å². The molecule has 0 aromatic rings. The molecule has 2 atom stereocenters. The highest BCUT2D eigenvalue weighted by Gasteiger charge is 2.15. The second kappa shape index (κ2) is 5.10. The Labute approximate surface area is 80.1 Å². The zero-order valence-electron chi connectivity index (χ0n) is 8.34. The molecule has 0 radical (unpaired) electrons. The van der Waals surface area contributed by atoms with Gasteiger partial charge in [-0.25, -0.2) is 0 Å². The summed E-state index contributed by atoms with van der Waals surface area (Å²) in [5.74, 6) is 2.65. The maximum Gasteiger partial charge on any atom is 0.0186 e. The van der Waals surface area contributed by atoms with Gasteiger partial charge in [0, 0.05) is 24.4 Å². The van der Waals surface area contributed by atoms with Crippen molar-refractivity contribution in [2.45, 2.75) is 25.4 Å². The standard InChI is InChI=1S/C9H20N2S/c1-8(11(2)3)6-10-9-4-5-12-7-9/h8-10H,4-7H2,1-3H3. The predicted molar refractivity (Wildman–Crippen MR) is 56.9 cm³/mol. The first-order valence-corrected chi connectivity index (χ1v) is 5.83. The van der Waals surface area contributed by atoms with E-state index in [1.165, 1.54) is 17.9 Å². The van der Waals surface area contributed by atoms with E-state index in [0.29, 0.717) is 6.04 Å². The Balaban J connectivity index is 2.07. The summed E-state index contributed by atoms with van der Waals surface area (Å²) in [5.41, 5.74) is 0. The highest BCUT2D eigenvalue weighted by atomic mass is 32.2. The minimum atomic E-state index is 0.649. The number of nitrogens with zero attached hydrogens (tertiary/aromatic N) is 1. The molecule has 3 heteroatoms. The summed E-state index contributed by atoms with van der Waals surface area (Å²) in [5, 5.41) is 3.60. The summed E-state index contributed by atoms with van der Waals surface area (Å²) < 4.78 is 0. The maximum atomic E-state index is 3.60. The van der Waals surface area contributed by atoms with E-state index in [9.17, 15) is 0 Å². The number of thioether (sulfide) groups is 1. The van der Waals surface area contributed by atoms with Crippen LogP contribution >= 0.6 is 11.8 Å². The third-order valence-corrected chi connectivity index (χ3v) is 3.68. The molecular weight excluding hydrogens is 168 g/mol. The number of hydrogen-bond acceptors (Lipinski definition) is 3. The fourth-order valence-electron chi connectivity index (χ4n) is 1.22. The average Bonchev–Trinajstić information content (AvgIpc) is 2.51. The monoisotopic (exact) mass is 188 g/mol. The average molecular weight is 188 g/mol. The highest BCUT2D eigenvalue weighted by Crippen LogP contribution is 2.16. The van der Waals surface area contributed by atoms with Crippen LogP contribution < -0.4 is 5.32 Å². The molecule has 1 aliphatic heterocycles. The van der Waals surface area contributed by atoms with E-state index in [0.717, 1.165) is 12.6 Å². The Hall–Kier alpha value is 0.270. The molecule has 72 valence electrons. The van der Waals surface area contributed by atoms with E-state index < -0.39 is 0 Å². The molecule has 1 fully saturated rings. The first-order valence-electron chi connectivity index (χ1n) is 4.67. The molecule has 1 aliphatic rings. The molecule has 0 saturated carbocycles. The van der Waals surface area contributed by atoms with E-state index >= 15 is 0 Å². The van der Waals surface area contributed by atoms with Gasteiger partial charge in [0.2, 0.25) is 0 Å². The Bertz CT molecular complexity index is 120. The van der Waals surface area contributed by atoms with Crippen LogP contribution in [0.15, 0.2) is 0 Å². The van der Waals surface area contributed by atoms with Crippen LogP contribution in [0.1, 0.15) is 13.3 Å². The fraction of sp³-hybridized carbons (Fsp3) is 1.00. The molecule has 1 rings (SSSR count). The van der Waals surface area contributed by atoms with Crippen LogP contribution in [-0.4, -0.2) is 49.1 Å². The van der Waals surface area contributed by atoms with E-state index in [1.807, 2.05) is 0 Å². The third-order valence-electron chi connectivity index (χ3n) is 2.51. The molecule has 12 heavy (non-hydrogen) atoms. The molecule has 1 saturated heterocycles. The summed E-state index contributed by atoms with van der Waals surface area (Å²) in [6, 6.07) is 1.42. The number of hydrogen-bond donors (Lipinski definition) is 1. The first-order chi connectivity index (χ1) is 5.70. The smallest absolute Gasteiger partial charge is 0.0186 e. The van der Waals surface area contributed by atoms with Crippen molar-refractivity contribution < 1.29 is 0 Å². The van der Waals surface area contributed by atoms with Gasteiger partial charge in [0.15, 0.2) is 0 Å². The summed E-state index contributed by atoms with van der Waals surface area (Å²) in [4.78, 5) is 2.26. The van der Waals surface area contributed by atoms with E-state index in [4.69, 9.17) is 0 Å². The molecule has 1 N–H and O–H groups in total. The van der Waals surface area contributed by atoms with Gasteiger partial charge in [-0.3, -0.25) is 0 Å². The van der Waals surface area contributed by atoms with E-state index in [2.05, 4.69) is 43.0 Å². The van der Waals surface area contributed by atoms with E-state index in [1.54, 1.807) is 0 Å². The second-order valence-corrected chi connectivity index (χ2v) is 4.93. The van der Waals surface area contributed by atoms with Crippen molar-refractivity contribution in [2.24, 2.45) is 0 Å². The Morgan fingerprint density at radius 1 is 1.58 bits per heavy atom. The lowest BCUT2D eigenvalue weighted by Crippen LogP contribution is -2.40. The molecule has 0 bridgehead atoms. The van der Waals surface area contributed by atoms with Crippen LogP contribution in [0, 0.1) is 0 Å². The largest absolute Gasteiger partial charge is 0.312 e. The summed E-state index contributed by atoms with van der Waals surface area (Å²) in [7, 11) is 4.27. The van der Waals surface area contributed by atoms with Gasteiger partial charge in [-0.1, -0.05) is 0 Å². The Morgan fingerprint density at radius 2 is 2.33 bits per heavy atom. The van der Waals surface area contributed by atoms with Gasteiger partial charge < -0.3 is 10.2 Å². The first kappa shape index (κ1) is 10.4. The highest BCUT2D eigenvalue weighted by molar-refractivity contribution is 7.99. The minimum Gasteiger partial charge on any atom is -0.312 e. The Kier molecular flexibility index (Phi) is 4.40. The quantitative estimate of drug-likeness (QED) is 0.709. The van der Waals surface area contributed by atoms with Crippen molar-refractivity contribution in [3.63, 3.8) is 0 Å². The molecular formula is C9H20N2S. The van der Waals surface area contributed by atoms with Crippen molar-refractivity contribution in [3.05, 3.63) is 0 Å². The molecule has 2 nitrogen and oxygen atoms in total. The maximum absolute atomic E-state index is 3.60. The van der Waals surface area contributed by atoms with Gasteiger partial charge in [0.25, 0.3) is 0 Å². The Morgan fingerprint density at radius 3 is 2.83 bits per heavy atom. The predicted octanol–water partition coefficient (Wildman–Crippen LogP) is 1.03. The molecule has 0 aliphatic carbocycles. The SMILES string of the molecule is CC(CNC1CCSC1)N(C)C. The summed E-state index contributed by atoms with van der Waals surface area (Å²) in [6.45, 7) is 3.38. The summed E-state index contributed by atoms with van der Waals surface area (Å²) in [6.07, 6.45) is 1.35. The molecule has 2 unspecified atom stereocenters. The van der Waals surface area contributed by atoms with Crippen LogP contribution in [0.4, 0.5) is 0 Å². The van der Waals surface area contributed by atoms with Crippen LogP contribution in [0.3, 0.4) is 0 Å². The fourth-order valence-corrected chi connectivity index (χ4v) is 2.40. The van der Waals surface area contributed by atoms with Crippen molar-refractivity contribution in [1.29, 1.82) is 0 Å². The number of rotatable bonds is 4. The van der Waals surface area contributed by atoms with Crippen molar-refractivity contribution in [2.75, 3.05) is 32.1 Å². The van der Waals surface area contributed by atoms with Crippen LogP contribution in [-0.2, 0) is 0 Å². The van der Waals surface area contributed by atoms with E-state index in [-0.39, 0.29) is 0 Å². The number of likely N-dealkylation sites (N-methyl/N-ethyl adjacent to an activating group) is 1. The third kappa shape index (κ3) is 3.33. The molecule has 0 aromatic carbocycles. The lowest BCUT2D eigenvalue weighted by atomic mass is 10.2. The van der Waals surface area contributed by atoms with Gasteiger partial charge >= 0.3 is 0 Å². The topological polar surface area (TPSA) is 15.3 Å². The van der Waals surface area contributed by atoms with Gasteiger partial charge in [-0.15, -0.1) is 0 Å².